The lowest BCUT2D eigenvalue weighted by Gasteiger charge is -2.25. The number of anilines is 1. The third-order valence-electron chi connectivity index (χ3n) is 2.63. The summed E-state index contributed by atoms with van der Waals surface area (Å²) in [5, 5.41) is 6.94. The molecule has 0 bridgehead atoms. The van der Waals surface area contributed by atoms with Gasteiger partial charge >= 0.3 is 0 Å². The first-order chi connectivity index (χ1) is 7.25. The fourth-order valence-corrected chi connectivity index (χ4v) is 2.52. The van der Waals surface area contributed by atoms with Crippen LogP contribution in [0.3, 0.4) is 0 Å². The first-order valence-electron chi connectivity index (χ1n) is 5.18. The Labute approximate surface area is 107 Å². The molecule has 0 saturated carbocycles. The molecule has 0 radical (unpaired) electrons. The Hall–Kier alpha value is -0.0600. The maximum atomic E-state index is 3.57. The molecule has 0 aromatic heterocycles. The van der Waals surface area contributed by atoms with Gasteiger partial charge in [-0.2, -0.15) is 0 Å². The lowest BCUT2D eigenvalue weighted by Crippen LogP contribution is -2.35. The van der Waals surface area contributed by atoms with Crippen molar-refractivity contribution in [2.24, 2.45) is 0 Å². The van der Waals surface area contributed by atoms with Gasteiger partial charge in [0.25, 0.3) is 0 Å². The second kappa shape index (κ2) is 5.32. The van der Waals surface area contributed by atoms with Crippen LogP contribution in [0.1, 0.15) is 12.8 Å². The third-order valence-corrected chi connectivity index (χ3v) is 3.81. The van der Waals surface area contributed by atoms with Crippen LogP contribution in [0.4, 0.5) is 5.69 Å². The Balaban J connectivity index is 2.05. The molecule has 0 aliphatic carbocycles. The van der Waals surface area contributed by atoms with E-state index in [9.17, 15) is 0 Å². The summed E-state index contributed by atoms with van der Waals surface area (Å²) in [6, 6.07) is 6.81. The lowest BCUT2D eigenvalue weighted by molar-refractivity contribution is 0.479. The van der Waals surface area contributed by atoms with Crippen LogP contribution < -0.4 is 10.6 Å². The van der Waals surface area contributed by atoms with E-state index in [1.54, 1.807) is 0 Å². The number of hydrogen-bond acceptors (Lipinski definition) is 2. The number of piperidine rings is 1. The molecular formula is C11H14Br2N2. The van der Waals surface area contributed by atoms with Crippen molar-refractivity contribution in [3.05, 3.63) is 27.1 Å². The minimum absolute atomic E-state index is 0.594. The van der Waals surface area contributed by atoms with Gasteiger partial charge in [-0.3, -0.25) is 0 Å². The number of nitrogens with one attached hydrogen (secondary N) is 2. The quantitative estimate of drug-likeness (QED) is 0.867. The summed E-state index contributed by atoms with van der Waals surface area (Å²) in [5.74, 6) is 0. The fourth-order valence-electron chi connectivity index (χ4n) is 1.79. The van der Waals surface area contributed by atoms with E-state index in [1.165, 1.54) is 18.5 Å². The van der Waals surface area contributed by atoms with E-state index in [0.717, 1.165) is 22.0 Å². The number of rotatable bonds is 2. The van der Waals surface area contributed by atoms with Crippen molar-refractivity contribution < 1.29 is 0 Å². The van der Waals surface area contributed by atoms with E-state index in [2.05, 4.69) is 54.6 Å². The van der Waals surface area contributed by atoms with Crippen LogP contribution in [0.2, 0.25) is 0 Å². The normalized spacial score (nSPS) is 17.7. The highest BCUT2D eigenvalue weighted by molar-refractivity contribution is 9.11. The van der Waals surface area contributed by atoms with Gasteiger partial charge < -0.3 is 10.6 Å². The van der Waals surface area contributed by atoms with Crippen molar-refractivity contribution >= 4 is 37.5 Å². The van der Waals surface area contributed by atoms with Gasteiger partial charge in [0, 0.05) is 20.7 Å². The molecule has 1 saturated heterocycles. The van der Waals surface area contributed by atoms with Crippen molar-refractivity contribution in [3.63, 3.8) is 0 Å². The predicted octanol–water partition coefficient (Wildman–Crippen LogP) is 3.38. The molecule has 2 nitrogen and oxygen atoms in total. The topological polar surface area (TPSA) is 24.1 Å². The summed E-state index contributed by atoms with van der Waals surface area (Å²) in [4.78, 5) is 0. The Morgan fingerprint density at radius 1 is 1.20 bits per heavy atom. The third kappa shape index (κ3) is 3.20. The van der Waals surface area contributed by atoms with Gasteiger partial charge in [-0.05, 0) is 60.1 Å². The van der Waals surface area contributed by atoms with Crippen LogP contribution in [0.5, 0.6) is 0 Å². The van der Waals surface area contributed by atoms with Gasteiger partial charge in [0.15, 0.2) is 0 Å². The van der Waals surface area contributed by atoms with Gasteiger partial charge in [0.1, 0.15) is 0 Å². The zero-order valence-corrected chi connectivity index (χ0v) is 11.6. The highest BCUT2D eigenvalue weighted by Crippen LogP contribution is 2.27. The van der Waals surface area contributed by atoms with Crippen LogP contribution in [-0.4, -0.2) is 19.1 Å². The molecule has 1 fully saturated rings. The molecule has 2 rings (SSSR count). The van der Waals surface area contributed by atoms with Crippen molar-refractivity contribution in [2.45, 2.75) is 18.9 Å². The highest BCUT2D eigenvalue weighted by atomic mass is 79.9. The average Bonchev–Trinajstić information content (AvgIpc) is 2.25. The standard InChI is InChI=1S/C11H14Br2N2/c12-8-1-2-10(13)11(7-8)15-9-3-5-14-6-4-9/h1-2,7,9,14-15H,3-6H2. The van der Waals surface area contributed by atoms with Crippen LogP contribution in [0, 0.1) is 0 Å². The molecule has 0 unspecified atom stereocenters. The van der Waals surface area contributed by atoms with E-state index in [0.29, 0.717) is 6.04 Å². The zero-order valence-electron chi connectivity index (χ0n) is 8.39. The summed E-state index contributed by atoms with van der Waals surface area (Å²) in [6.45, 7) is 2.23. The van der Waals surface area contributed by atoms with Crippen LogP contribution >= 0.6 is 31.9 Å². The highest BCUT2D eigenvalue weighted by Gasteiger charge is 2.13. The van der Waals surface area contributed by atoms with Crippen molar-refractivity contribution in [2.75, 3.05) is 18.4 Å². The summed E-state index contributed by atoms with van der Waals surface area (Å²) >= 11 is 7.05. The van der Waals surface area contributed by atoms with Gasteiger partial charge in [-0.1, -0.05) is 15.9 Å². The maximum absolute atomic E-state index is 3.57. The summed E-state index contributed by atoms with van der Waals surface area (Å²) in [7, 11) is 0. The Morgan fingerprint density at radius 2 is 1.93 bits per heavy atom. The second-order valence-electron chi connectivity index (χ2n) is 3.79. The SMILES string of the molecule is Brc1ccc(Br)c(NC2CCNCC2)c1. The number of benzene rings is 1. The van der Waals surface area contributed by atoms with Crippen LogP contribution in [0.25, 0.3) is 0 Å². The molecule has 1 aliphatic rings. The summed E-state index contributed by atoms with van der Waals surface area (Å²) in [6.07, 6.45) is 2.39. The molecule has 15 heavy (non-hydrogen) atoms. The smallest absolute Gasteiger partial charge is 0.0498 e. The molecule has 1 heterocycles. The Kier molecular flexibility index (Phi) is 4.05. The molecule has 0 amide bonds. The lowest BCUT2D eigenvalue weighted by atomic mass is 10.1. The van der Waals surface area contributed by atoms with E-state index >= 15 is 0 Å². The van der Waals surface area contributed by atoms with Crippen molar-refractivity contribution in [3.8, 4) is 0 Å². The summed E-state index contributed by atoms with van der Waals surface area (Å²) in [5.41, 5.74) is 1.18. The van der Waals surface area contributed by atoms with Gasteiger partial charge in [0.05, 0.1) is 0 Å². The molecule has 0 atom stereocenters. The molecule has 4 heteroatoms. The molecule has 82 valence electrons. The Bertz CT molecular complexity index is 335. The van der Waals surface area contributed by atoms with E-state index in [4.69, 9.17) is 0 Å². The minimum atomic E-state index is 0.594. The summed E-state index contributed by atoms with van der Waals surface area (Å²) < 4.78 is 2.24. The van der Waals surface area contributed by atoms with Crippen LogP contribution in [0.15, 0.2) is 27.1 Å². The molecule has 1 aliphatic heterocycles. The van der Waals surface area contributed by atoms with Gasteiger partial charge in [-0.25, -0.2) is 0 Å². The molecule has 2 N–H and O–H groups in total. The fraction of sp³-hybridized carbons (Fsp3) is 0.455. The largest absolute Gasteiger partial charge is 0.381 e. The van der Waals surface area contributed by atoms with Crippen LogP contribution in [-0.2, 0) is 0 Å². The van der Waals surface area contributed by atoms with Gasteiger partial charge in [0.2, 0.25) is 0 Å². The average molecular weight is 334 g/mol. The van der Waals surface area contributed by atoms with E-state index < -0.39 is 0 Å². The first kappa shape index (κ1) is 11.4. The molecule has 1 aromatic carbocycles. The molecule has 0 spiro atoms. The van der Waals surface area contributed by atoms with Crippen molar-refractivity contribution in [1.29, 1.82) is 0 Å². The number of hydrogen-bond donors (Lipinski definition) is 2. The van der Waals surface area contributed by atoms with Crippen molar-refractivity contribution in [1.82, 2.24) is 5.32 Å². The van der Waals surface area contributed by atoms with E-state index in [-0.39, 0.29) is 0 Å². The zero-order chi connectivity index (χ0) is 10.7. The maximum Gasteiger partial charge on any atom is 0.0498 e. The second-order valence-corrected chi connectivity index (χ2v) is 5.56. The van der Waals surface area contributed by atoms with E-state index in [1.807, 2.05) is 6.07 Å². The number of halogens is 2. The minimum Gasteiger partial charge on any atom is -0.381 e. The van der Waals surface area contributed by atoms with Gasteiger partial charge in [-0.15, -0.1) is 0 Å². The molecule has 1 aromatic rings. The molecular weight excluding hydrogens is 320 g/mol. The monoisotopic (exact) mass is 332 g/mol. The Morgan fingerprint density at radius 3 is 2.67 bits per heavy atom. The predicted molar refractivity (Wildman–Crippen MR) is 71.4 cm³/mol. The first-order valence-corrected chi connectivity index (χ1v) is 6.76.